The number of carbonyl (C=O) groups excluding carboxylic acids is 2. The molecule has 2 aromatic heterocycles. The highest BCUT2D eigenvalue weighted by Gasteiger charge is 2.13. The van der Waals surface area contributed by atoms with Crippen molar-refractivity contribution < 1.29 is 9.59 Å². The number of nitrogens with one attached hydrogen (secondary N) is 2. The van der Waals surface area contributed by atoms with Gasteiger partial charge in [0.2, 0.25) is 0 Å². The molecule has 2 N–H and O–H groups in total. The summed E-state index contributed by atoms with van der Waals surface area (Å²) in [4.78, 5) is 29.0. The van der Waals surface area contributed by atoms with Gasteiger partial charge in [-0.25, -0.2) is 4.98 Å². The lowest BCUT2D eigenvalue weighted by atomic mass is 10.1. The molecule has 0 fully saturated rings. The Kier molecular flexibility index (Phi) is 6.32. The minimum Gasteiger partial charge on any atom is -0.355 e. The molecule has 0 spiro atoms. The van der Waals surface area contributed by atoms with Crippen LogP contribution in [-0.2, 0) is 20.0 Å². The number of fused-ring (bicyclic) bond motifs is 1. The third kappa shape index (κ3) is 4.74. The van der Waals surface area contributed by atoms with Crippen LogP contribution in [0.2, 0.25) is 0 Å². The number of nitrogens with zero attached hydrogens (tertiary/aromatic N) is 4. The topological polar surface area (TPSA) is 93.8 Å². The Labute approximate surface area is 208 Å². The fraction of sp³-hybridized carbons (Fsp3) is 0.143. The number of imidazole rings is 1. The summed E-state index contributed by atoms with van der Waals surface area (Å²) in [6, 6.07) is 25.3. The lowest BCUT2D eigenvalue weighted by Gasteiger charge is -2.08. The third-order valence-electron chi connectivity index (χ3n) is 6.14. The van der Waals surface area contributed by atoms with E-state index in [1.807, 2.05) is 66.2 Å². The summed E-state index contributed by atoms with van der Waals surface area (Å²) in [6.45, 7) is 0.393. The summed E-state index contributed by atoms with van der Waals surface area (Å²) >= 11 is 0. The standard InChI is InChI=1S/C28H26N6O2/c1-29-27(35)21-10-13-26-24(15-21)31-18-34(26)22-11-8-20(9-12-22)17-30-28(36)25-16-23(33(2)32-25)14-19-6-4-3-5-7-19/h3-13,15-16,18H,14,17H2,1-2H3,(H,29,35)(H,30,36). The molecule has 0 bridgehead atoms. The van der Waals surface area contributed by atoms with Gasteiger partial charge in [0, 0.05) is 44.0 Å². The first-order valence-electron chi connectivity index (χ1n) is 11.7. The van der Waals surface area contributed by atoms with Crippen LogP contribution in [-0.4, -0.2) is 38.2 Å². The Morgan fingerprint density at radius 1 is 0.889 bits per heavy atom. The van der Waals surface area contributed by atoms with E-state index in [1.54, 1.807) is 30.2 Å². The van der Waals surface area contributed by atoms with Crippen LogP contribution in [0, 0.1) is 0 Å². The van der Waals surface area contributed by atoms with Crippen molar-refractivity contribution in [3.05, 3.63) is 113 Å². The monoisotopic (exact) mass is 478 g/mol. The Balaban J connectivity index is 1.24. The maximum Gasteiger partial charge on any atom is 0.272 e. The molecule has 0 aliphatic carbocycles. The van der Waals surface area contributed by atoms with Crippen molar-refractivity contribution >= 4 is 22.8 Å². The molecular weight excluding hydrogens is 452 g/mol. The van der Waals surface area contributed by atoms with E-state index in [0.717, 1.165) is 34.4 Å². The molecule has 5 rings (SSSR count). The van der Waals surface area contributed by atoms with Gasteiger partial charge < -0.3 is 10.6 Å². The highest BCUT2D eigenvalue weighted by Crippen LogP contribution is 2.20. The number of hydrogen-bond donors (Lipinski definition) is 2. The van der Waals surface area contributed by atoms with Crippen molar-refractivity contribution in [1.29, 1.82) is 0 Å². The molecule has 8 heteroatoms. The molecule has 0 saturated carbocycles. The van der Waals surface area contributed by atoms with Crippen molar-refractivity contribution in [3.8, 4) is 5.69 Å². The predicted octanol–water partition coefficient (Wildman–Crippen LogP) is 3.64. The van der Waals surface area contributed by atoms with Gasteiger partial charge >= 0.3 is 0 Å². The molecule has 5 aromatic rings. The lowest BCUT2D eigenvalue weighted by Crippen LogP contribution is -2.23. The van der Waals surface area contributed by atoms with Gasteiger partial charge in [0.05, 0.1) is 11.0 Å². The highest BCUT2D eigenvalue weighted by atomic mass is 16.2. The van der Waals surface area contributed by atoms with Crippen LogP contribution in [0.1, 0.15) is 37.7 Å². The molecule has 180 valence electrons. The third-order valence-corrected chi connectivity index (χ3v) is 6.14. The van der Waals surface area contributed by atoms with Gasteiger partial charge in [0.15, 0.2) is 0 Å². The minimum atomic E-state index is -0.207. The predicted molar refractivity (Wildman–Crippen MR) is 138 cm³/mol. The molecule has 0 atom stereocenters. The number of benzene rings is 3. The van der Waals surface area contributed by atoms with Gasteiger partial charge in [-0.05, 0) is 47.5 Å². The first kappa shape index (κ1) is 23.0. The maximum atomic E-state index is 12.7. The first-order valence-corrected chi connectivity index (χ1v) is 11.7. The summed E-state index contributed by atoms with van der Waals surface area (Å²) < 4.78 is 3.72. The van der Waals surface area contributed by atoms with E-state index in [-0.39, 0.29) is 11.8 Å². The van der Waals surface area contributed by atoms with E-state index < -0.39 is 0 Å². The van der Waals surface area contributed by atoms with Crippen LogP contribution in [0.5, 0.6) is 0 Å². The maximum absolute atomic E-state index is 12.7. The molecule has 36 heavy (non-hydrogen) atoms. The van der Waals surface area contributed by atoms with Gasteiger partial charge in [-0.1, -0.05) is 42.5 Å². The van der Waals surface area contributed by atoms with E-state index in [1.165, 1.54) is 5.56 Å². The molecular formula is C28H26N6O2. The van der Waals surface area contributed by atoms with Gasteiger partial charge in [-0.15, -0.1) is 0 Å². The molecule has 0 radical (unpaired) electrons. The molecule has 0 aliphatic heterocycles. The first-order chi connectivity index (χ1) is 17.5. The molecule has 0 saturated heterocycles. The normalized spacial score (nSPS) is 10.9. The number of carbonyl (C=O) groups is 2. The van der Waals surface area contributed by atoms with Crippen molar-refractivity contribution in [2.24, 2.45) is 7.05 Å². The van der Waals surface area contributed by atoms with E-state index in [4.69, 9.17) is 0 Å². The second-order valence-corrected chi connectivity index (χ2v) is 8.55. The zero-order valence-corrected chi connectivity index (χ0v) is 20.1. The van der Waals surface area contributed by atoms with E-state index in [9.17, 15) is 9.59 Å². The van der Waals surface area contributed by atoms with Crippen molar-refractivity contribution in [2.45, 2.75) is 13.0 Å². The Morgan fingerprint density at radius 2 is 1.67 bits per heavy atom. The number of amides is 2. The minimum absolute atomic E-state index is 0.143. The lowest BCUT2D eigenvalue weighted by molar-refractivity contribution is 0.0942. The zero-order valence-electron chi connectivity index (χ0n) is 20.1. The van der Waals surface area contributed by atoms with E-state index in [2.05, 4.69) is 32.8 Å². The second kappa shape index (κ2) is 9.87. The zero-order chi connectivity index (χ0) is 25.1. The summed E-state index contributed by atoms with van der Waals surface area (Å²) in [7, 11) is 3.46. The average molecular weight is 479 g/mol. The van der Waals surface area contributed by atoms with Gasteiger partial charge in [0.25, 0.3) is 11.8 Å². The summed E-state index contributed by atoms with van der Waals surface area (Å²) in [6.07, 6.45) is 2.46. The molecule has 2 amide bonds. The molecule has 0 unspecified atom stereocenters. The Hall–Kier alpha value is -4.72. The fourth-order valence-electron chi connectivity index (χ4n) is 4.14. The summed E-state index contributed by atoms with van der Waals surface area (Å²) in [5.41, 5.74) is 6.69. The van der Waals surface area contributed by atoms with Crippen LogP contribution in [0.25, 0.3) is 16.7 Å². The van der Waals surface area contributed by atoms with Crippen molar-refractivity contribution in [3.63, 3.8) is 0 Å². The largest absolute Gasteiger partial charge is 0.355 e. The fourth-order valence-corrected chi connectivity index (χ4v) is 4.14. The highest BCUT2D eigenvalue weighted by molar-refractivity contribution is 5.97. The van der Waals surface area contributed by atoms with Crippen LogP contribution in [0.4, 0.5) is 0 Å². The Morgan fingerprint density at radius 3 is 2.42 bits per heavy atom. The van der Waals surface area contributed by atoms with Crippen LogP contribution in [0.3, 0.4) is 0 Å². The SMILES string of the molecule is CNC(=O)c1ccc2c(c1)ncn2-c1ccc(CNC(=O)c2cc(Cc3ccccc3)n(C)n2)cc1. The molecule has 8 nitrogen and oxygen atoms in total. The number of aryl methyl sites for hydroxylation is 1. The van der Waals surface area contributed by atoms with Crippen molar-refractivity contribution in [2.75, 3.05) is 7.05 Å². The van der Waals surface area contributed by atoms with Crippen molar-refractivity contribution in [1.82, 2.24) is 30.0 Å². The van der Waals surface area contributed by atoms with Gasteiger partial charge in [-0.3, -0.25) is 18.8 Å². The Bertz CT molecular complexity index is 1530. The second-order valence-electron chi connectivity index (χ2n) is 8.55. The van der Waals surface area contributed by atoms with Crippen LogP contribution < -0.4 is 10.6 Å². The van der Waals surface area contributed by atoms with Crippen LogP contribution in [0.15, 0.2) is 85.2 Å². The smallest absolute Gasteiger partial charge is 0.272 e. The quantitative estimate of drug-likeness (QED) is 0.374. The van der Waals surface area contributed by atoms with Crippen LogP contribution >= 0.6 is 0 Å². The molecule has 3 aromatic carbocycles. The summed E-state index contributed by atoms with van der Waals surface area (Å²) in [5, 5.41) is 9.97. The number of aromatic nitrogens is 4. The summed E-state index contributed by atoms with van der Waals surface area (Å²) in [5.74, 6) is -0.350. The van der Waals surface area contributed by atoms with E-state index >= 15 is 0 Å². The number of hydrogen-bond acceptors (Lipinski definition) is 4. The van der Waals surface area contributed by atoms with Gasteiger partial charge in [-0.2, -0.15) is 5.10 Å². The average Bonchev–Trinajstić information content (AvgIpc) is 3.50. The van der Waals surface area contributed by atoms with Gasteiger partial charge in [0.1, 0.15) is 12.0 Å². The van der Waals surface area contributed by atoms with E-state index in [0.29, 0.717) is 17.8 Å². The molecule has 0 aliphatic rings. The molecule has 2 heterocycles. The number of rotatable bonds is 7.